The van der Waals surface area contributed by atoms with Gasteiger partial charge in [-0.3, -0.25) is 10.1 Å². The SMILES string of the molecule is Cc1cc(N(C)c2cccc(C#N)c2)ncc1[N+](=O)[O-]. The monoisotopic (exact) mass is 268 g/mol. The van der Waals surface area contributed by atoms with Gasteiger partial charge in [-0.1, -0.05) is 6.07 Å². The number of nitriles is 1. The van der Waals surface area contributed by atoms with Crippen molar-refractivity contribution in [2.24, 2.45) is 0 Å². The number of nitrogens with zero attached hydrogens (tertiary/aromatic N) is 4. The fourth-order valence-corrected chi connectivity index (χ4v) is 1.82. The van der Waals surface area contributed by atoms with Crippen molar-refractivity contribution >= 4 is 17.2 Å². The number of benzene rings is 1. The Labute approximate surface area is 116 Å². The average molecular weight is 268 g/mol. The molecule has 0 fully saturated rings. The quantitative estimate of drug-likeness (QED) is 0.631. The van der Waals surface area contributed by atoms with E-state index in [1.165, 1.54) is 6.20 Å². The van der Waals surface area contributed by atoms with E-state index < -0.39 is 4.92 Å². The molecule has 0 spiro atoms. The molecule has 0 N–H and O–H groups in total. The molecule has 2 rings (SSSR count). The summed E-state index contributed by atoms with van der Waals surface area (Å²) in [4.78, 5) is 16.2. The molecule has 0 amide bonds. The smallest absolute Gasteiger partial charge is 0.290 e. The molecule has 1 aromatic heterocycles. The van der Waals surface area contributed by atoms with Crippen LogP contribution in [-0.2, 0) is 0 Å². The van der Waals surface area contributed by atoms with Crippen LogP contribution in [0.25, 0.3) is 0 Å². The number of aromatic nitrogens is 1. The summed E-state index contributed by atoms with van der Waals surface area (Å²) in [7, 11) is 1.80. The molecule has 20 heavy (non-hydrogen) atoms. The summed E-state index contributed by atoms with van der Waals surface area (Å²) < 4.78 is 0. The molecule has 0 radical (unpaired) electrons. The number of anilines is 2. The fourth-order valence-electron chi connectivity index (χ4n) is 1.82. The minimum Gasteiger partial charge on any atom is -0.329 e. The van der Waals surface area contributed by atoms with Crippen molar-refractivity contribution in [1.29, 1.82) is 5.26 Å². The standard InChI is InChI=1S/C14H12N4O2/c1-10-6-14(16-9-13(10)18(19)20)17(2)12-5-3-4-11(7-12)8-15/h3-7,9H,1-2H3. The first-order valence-electron chi connectivity index (χ1n) is 5.88. The summed E-state index contributed by atoms with van der Waals surface area (Å²) >= 11 is 0. The Morgan fingerprint density at radius 2 is 2.15 bits per heavy atom. The van der Waals surface area contributed by atoms with Crippen LogP contribution >= 0.6 is 0 Å². The second kappa shape index (κ2) is 5.36. The first-order chi connectivity index (χ1) is 9.52. The summed E-state index contributed by atoms with van der Waals surface area (Å²) in [6.45, 7) is 1.67. The number of nitro groups is 1. The molecule has 0 unspecified atom stereocenters. The van der Waals surface area contributed by atoms with Crippen LogP contribution in [0.1, 0.15) is 11.1 Å². The van der Waals surface area contributed by atoms with Crippen LogP contribution in [0.2, 0.25) is 0 Å². The topological polar surface area (TPSA) is 83.1 Å². The average Bonchev–Trinajstić information content (AvgIpc) is 2.46. The number of pyridine rings is 1. The minimum atomic E-state index is -0.456. The lowest BCUT2D eigenvalue weighted by Crippen LogP contribution is -2.11. The van der Waals surface area contributed by atoms with Gasteiger partial charge < -0.3 is 4.90 Å². The zero-order chi connectivity index (χ0) is 14.7. The molecule has 0 saturated heterocycles. The Hall–Kier alpha value is -2.94. The van der Waals surface area contributed by atoms with Crippen LogP contribution < -0.4 is 4.90 Å². The van der Waals surface area contributed by atoms with Crippen molar-refractivity contribution in [1.82, 2.24) is 4.98 Å². The van der Waals surface area contributed by atoms with Crippen molar-refractivity contribution < 1.29 is 4.92 Å². The van der Waals surface area contributed by atoms with Crippen molar-refractivity contribution in [3.05, 3.63) is 57.8 Å². The molecular weight excluding hydrogens is 256 g/mol. The number of aryl methyl sites for hydroxylation is 1. The molecule has 6 nitrogen and oxygen atoms in total. The van der Waals surface area contributed by atoms with Crippen LogP contribution in [0.5, 0.6) is 0 Å². The zero-order valence-corrected chi connectivity index (χ0v) is 11.1. The first kappa shape index (κ1) is 13.5. The van der Waals surface area contributed by atoms with Gasteiger partial charge in [0.15, 0.2) is 0 Å². The molecular formula is C14H12N4O2. The van der Waals surface area contributed by atoms with E-state index in [9.17, 15) is 10.1 Å². The van der Waals surface area contributed by atoms with E-state index in [0.717, 1.165) is 5.69 Å². The zero-order valence-electron chi connectivity index (χ0n) is 11.1. The van der Waals surface area contributed by atoms with E-state index in [1.54, 1.807) is 43.1 Å². The number of hydrogen-bond donors (Lipinski definition) is 0. The van der Waals surface area contributed by atoms with Gasteiger partial charge in [0.1, 0.15) is 12.0 Å². The Kier molecular flexibility index (Phi) is 3.62. The van der Waals surface area contributed by atoms with Crippen LogP contribution in [0.4, 0.5) is 17.2 Å². The molecule has 0 aliphatic heterocycles. The molecule has 0 aliphatic rings. The predicted molar refractivity (Wildman–Crippen MR) is 74.8 cm³/mol. The highest BCUT2D eigenvalue weighted by Crippen LogP contribution is 2.26. The van der Waals surface area contributed by atoms with Crippen molar-refractivity contribution in [2.75, 3.05) is 11.9 Å². The molecule has 1 aromatic carbocycles. The molecule has 1 heterocycles. The Morgan fingerprint density at radius 1 is 1.40 bits per heavy atom. The third-order valence-electron chi connectivity index (χ3n) is 2.97. The molecule has 0 saturated carbocycles. The second-order valence-electron chi connectivity index (χ2n) is 4.31. The summed E-state index contributed by atoms with van der Waals surface area (Å²) in [5.41, 5.74) is 1.88. The van der Waals surface area contributed by atoms with Gasteiger partial charge >= 0.3 is 0 Å². The van der Waals surface area contributed by atoms with Crippen LogP contribution in [0.15, 0.2) is 36.5 Å². The van der Waals surface area contributed by atoms with E-state index in [2.05, 4.69) is 11.1 Å². The lowest BCUT2D eigenvalue weighted by Gasteiger charge is -2.18. The molecule has 6 heteroatoms. The Bertz CT molecular complexity index is 707. The molecule has 100 valence electrons. The van der Waals surface area contributed by atoms with E-state index >= 15 is 0 Å². The lowest BCUT2D eigenvalue weighted by molar-refractivity contribution is -0.385. The van der Waals surface area contributed by atoms with Crippen molar-refractivity contribution in [2.45, 2.75) is 6.92 Å². The van der Waals surface area contributed by atoms with E-state index in [4.69, 9.17) is 5.26 Å². The van der Waals surface area contributed by atoms with Crippen LogP contribution in [0, 0.1) is 28.4 Å². The molecule has 0 atom stereocenters. The van der Waals surface area contributed by atoms with E-state index in [1.807, 2.05) is 6.07 Å². The maximum Gasteiger partial charge on any atom is 0.290 e. The van der Waals surface area contributed by atoms with Crippen molar-refractivity contribution in [3.63, 3.8) is 0 Å². The van der Waals surface area contributed by atoms with Gasteiger partial charge in [-0.25, -0.2) is 4.98 Å². The van der Waals surface area contributed by atoms with Crippen molar-refractivity contribution in [3.8, 4) is 6.07 Å². The lowest BCUT2D eigenvalue weighted by atomic mass is 10.2. The van der Waals surface area contributed by atoms with Gasteiger partial charge in [-0.05, 0) is 31.2 Å². The number of rotatable bonds is 3. The van der Waals surface area contributed by atoms with Gasteiger partial charge in [0.2, 0.25) is 0 Å². The maximum atomic E-state index is 10.8. The van der Waals surface area contributed by atoms with Gasteiger partial charge in [0.05, 0.1) is 16.6 Å². The highest BCUT2D eigenvalue weighted by molar-refractivity contribution is 5.62. The highest BCUT2D eigenvalue weighted by atomic mass is 16.6. The largest absolute Gasteiger partial charge is 0.329 e. The summed E-state index contributed by atoms with van der Waals surface area (Å²) in [5.74, 6) is 0.586. The van der Waals surface area contributed by atoms with Gasteiger partial charge in [0, 0.05) is 18.3 Å². The number of hydrogen-bond acceptors (Lipinski definition) is 5. The third-order valence-corrected chi connectivity index (χ3v) is 2.97. The Balaban J connectivity index is 2.38. The first-order valence-corrected chi connectivity index (χ1v) is 5.88. The van der Waals surface area contributed by atoms with Gasteiger partial charge in [-0.2, -0.15) is 5.26 Å². The summed E-state index contributed by atoms with van der Waals surface area (Å²) in [6.07, 6.45) is 1.25. The van der Waals surface area contributed by atoms with E-state index in [-0.39, 0.29) is 5.69 Å². The third kappa shape index (κ3) is 2.57. The van der Waals surface area contributed by atoms with Gasteiger partial charge in [-0.15, -0.1) is 0 Å². The summed E-state index contributed by atoms with van der Waals surface area (Å²) in [5, 5.41) is 19.7. The maximum absolute atomic E-state index is 10.8. The molecule has 0 bridgehead atoms. The second-order valence-corrected chi connectivity index (χ2v) is 4.31. The normalized spacial score (nSPS) is 9.85. The van der Waals surface area contributed by atoms with Gasteiger partial charge in [0.25, 0.3) is 5.69 Å². The fraction of sp³-hybridized carbons (Fsp3) is 0.143. The Morgan fingerprint density at radius 3 is 2.75 bits per heavy atom. The van der Waals surface area contributed by atoms with Crippen LogP contribution in [-0.4, -0.2) is 17.0 Å². The minimum absolute atomic E-state index is 0.00655. The molecule has 2 aromatic rings. The summed E-state index contributed by atoms with van der Waals surface area (Å²) in [6, 6.07) is 10.8. The van der Waals surface area contributed by atoms with Crippen LogP contribution in [0.3, 0.4) is 0 Å². The predicted octanol–water partition coefficient (Wildman–Crippen LogP) is 2.94. The highest BCUT2D eigenvalue weighted by Gasteiger charge is 2.14. The van der Waals surface area contributed by atoms with E-state index in [0.29, 0.717) is 16.9 Å². The molecule has 0 aliphatic carbocycles.